The molecule has 0 saturated carbocycles. The molecule has 5 heteroatoms. The van der Waals surface area contributed by atoms with E-state index in [2.05, 4.69) is 15.6 Å². The largest absolute Gasteiger partial charge is 0.504 e. The molecule has 1 fully saturated rings. The molecule has 3 aromatic rings. The smallest absolute Gasteiger partial charge is 0.159 e. The van der Waals surface area contributed by atoms with Crippen molar-refractivity contribution in [3.8, 4) is 11.5 Å². The number of para-hydroxylation sites is 1. The molecule has 0 atom stereocenters. The molecule has 23 heavy (non-hydrogen) atoms. The number of phenolic OH excluding ortho intramolecular Hbond substituents is 2. The SMILES string of the molecule is Oc1cc2nc3ccccc3c(NC3CCNCC3)c2cc1O. The first-order valence-electron chi connectivity index (χ1n) is 7.94. The van der Waals surface area contributed by atoms with Gasteiger partial charge in [-0.2, -0.15) is 0 Å². The van der Waals surface area contributed by atoms with Crippen molar-refractivity contribution in [1.29, 1.82) is 0 Å². The Morgan fingerprint density at radius 3 is 2.52 bits per heavy atom. The van der Waals surface area contributed by atoms with Crippen LogP contribution in [0.5, 0.6) is 11.5 Å². The third-order valence-corrected chi connectivity index (χ3v) is 4.46. The molecular weight excluding hydrogens is 290 g/mol. The normalized spacial score (nSPS) is 16.0. The first-order chi connectivity index (χ1) is 11.2. The van der Waals surface area contributed by atoms with E-state index in [9.17, 15) is 10.2 Å². The van der Waals surface area contributed by atoms with Gasteiger partial charge in [0.25, 0.3) is 0 Å². The monoisotopic (exact) mass is 309 g/mol. The van der Waals surface area contributed by atoms with E-state index in [4.69, 9.17) is 0 Å². The van der Waals surface area contributed by atoms with E-state index in [1.165, 1.54) is 6.07 Å². The van der Waals surface area contributed by atoms with E-state index in [0.29, 0.717) is 11.6 Å². The second-order valence-corrected chi connectivity index (χ2v) is 6.03. The van der Waals surface area contributed by atoms with Crippen molar-refractivity contribution in [1.82, 2.24) is 10.3 Å². The topological polar surface area (TPSA) is 77.4 Å². The number of hydrogen-bond donors (Lipinski definition) is 4. The van der Waals surface area contributed by atoms with Crippen LogP contribution in [0.1, 0.15) is 12.8 Å². The number of rotatable bonds is 2. The van der Waals surface area contributed by atoms with Gasteiger partial charge in [-0.25, -0.2) is 4.98 Å². The lowest BCUT2D eigenvalue weighted by molar-refractivity contribution is 0.405. The number of nitrogens with one attached hydrogen (secondary N) is 2. The highest BCUT2D eigenvalue weighted by molar-refractivity contribution is 6.08. The summed E-state index contributed by atoms with van der Waals surface area (Å²) in [7, 11) is 0. The van der Waals surface area contributed by atoms with Gasteiger partial charge in [-0.15, -0.1) is 0 Å². The van der Waals surface area contributed by atoms with E-state index in [-0.39, 0.29) is 11.5 Å². The molecule has 1 saturated heterocycles. The number of fused-ring (bicyclic) bond motifs is 2. The molecule has 1 aromatic heterocycles. The quantitative estimate of drug-likeness (QED) is 0.432. The summed E-state index contributed by atoms with van der Waals surface area (Å²) in [5.41, 5.74) is 2.53. The lowest BCUT2D eigenvalue weighted by Gasteiger charge is -2.26. The summed E-state index contributed by atoms with van der Waals surface area (Å²) < 4.78 is 0. The average Bonchev–Trinajstić information content (AvgIpc) is 2.57. The van der Waals surface area contributed by atoms with Crippen LogP contribution >= 0.6 is 0 Å². The van der Waals surface area contributed by atoms with Crippen LogP contribution in [0, 0.1) is 0 Å². The molecule has 1 aliphatic heterocycles. The molecule has 5 nitrogen and oxygen atoms in total. The minimum absolute atomic E-state index is 0.122. The molecule has 4 N–H and O–H groups in total. The van der Waals surface area contributed by atoms with Crippen molar-refractivity contribution in [3.63, 3.8) is 0 Å². The lowest BCUT2D eigenvalue weighted by atomic mass is 10.0. The summed E-state index contributed by atoms with van der Waals surface area (Å²) in [5.74, 6) is -0.268. The Bertz CT molecular complexity index is 873. The van der Waals surface area contributed by atoms with E-state index >= 15 is 0 Å². The maximum atomic E-state index is 9.90. The van der Waals surface area contributed by atoms with Crippen LogP contribution in [0.15, 0.2) is 36.4 Å². The molecule has 0 aliphatic carbocycles. The Hall–Kier alpha value is -2.53. The van der Waals surface area contributed by atoms with Crippen molar-refractivity contribution in [3.05, 3.63) is 36.4 Å². The fraction of sp³-hybridized carbons (Fsp3) is 0.278. The highest BCUT2D eigenvalue weighted by Crippen LogP contribution is 2.37. The molecule has 2 heterocycles. The molecule has 0 bridgehead atoms. The number of hydrogen-bond acceptors (Lipinski definition) is 5. The minimum atomic E-state index is -0.145. The standard InChI is InChI=1S/C18H19N3O2/c22-16-9-13-15(10-17(16)23)21-14-4-2-1-3-12(14)18(13)20-11-5-7-19-8-6-11/h1-4,9-11,19,22-23H,5-8H2,(H,20,21). The zero-order chi connectivity index (χ0) is 15.8. The van der Waals surface area contributed by atoms with Gasteiger partial charge in [-0.3, -0.25) is 0 Å². The number of aromatic hydroxyl groups is 2. The van der Waals surface area contributed by atoms with Crippen LogP contribution < -0.4 is 10.6 Å². The predicted octanol–water partition coefficient (Wildman–Crippen LogP) is 2.96. The number of benzene rings is 2. The first kappa shape index (κ1) is 14.1. The van der Waals surface area contributed by atoms with Crippen LogP contribution in [-0.4, -0.2) is 34.3 Å². The fourth-order valence-corrected chi connectivity index (χ4v) is 3.24. The molecule has 2 aromatic carbocycles. The minimum Gasteiger partial charge on any atom is -0.504 e. The summed E-state index contributed by atoms with van der Waals surface area (Å²) in [6.45, 7) is 2.01. The van der Waals surface area contributed by atoms with E-state index < -0.39 is 0 Å². The van der Waals surface area contributed by atoms with Crippen molar-refractivity contribution in [2.45, 2.75) is 18.9 Å². The lowest BCUT2D eigenvalue weighted by Crippen LogP contribution is -2.35. The first-order valence-corrected chi connectivity index (χ1v) is 7.94. The zero-order valence-electron chi connectivity index (χ0n) is 12.7. The number of anilines is 1. The predicted molar refractivity (Wildman–Crippen MR) is 92.1 cm³/mol. The number of nitrogens with zero attached hydrogens (tertiary/aromatic N) is 1. The maximum Gasteiger partial charge on any atom is 0.159 e. The number of phenols is 2. The molecular formula is C18H19N3O2. The third kappa shape index (κ3) is 2.53. The summed E-state index contributed by atoms with van der Waals surface area (Å²) in [6, 6.07) is 11.4. The summed E-state index contributed by atoms with van der Waals surface area (Å²) in [4.78, 5) is 4.61. The molecule has 4 rings (SSSR count). The maximum absolute atomic E-state index is 9.90. The van der Waals surface area contributed by atoms with Gasteiger partial charge in [-0.05, 0) is 38.1 Å². The zero-order valence-corrected chi connectivity index (χ0v) is 12.7. The Balaban J connectivity index is 1.93. The Kier molecular flexibility index (Phi) is 3.42. The molecule has 0 unspecified atom stereocenters. The molecule has 0 spiro atoms. The number of aromatic nitrogens is 1. The molecule has 118 valence electrons. The van der Waals surface area contributed by atoms with Crippen LogP contribution in [-0.2, 0) is 0 Å². The third-order valence-electron chi connectivity index (χ3n) is 4.46. The molecule has 0 amide bonds. The molecule has 1 aliphatic rings. The number of pyridine rings is 1. The summed E-state index contributed by atoms with van der Waals surface area (Å²) in [5, 5.41) is 28.6. The van der Waals surface area contributed by atoms with Crippen molar-refractivity contribution >= 4 is 27.5 Å². The van der Waals surface area contributed by atoms with Gasteiger partial charge in [0.05, 0.1) is 16.7 Å². The van der Waals surface area contributed by atoms with Gasteiger partial charge in [-0.1, -0.05) is 18.2 Å². The Morgan fingerprint density at radius 1 is 0.957 bits per heavy atom. The van der Waals surface area contributed by atoms with E-state index in [0.717, 1.165) is 47.9 Å². The van der Waals surface area contributed by atoms with Crippen molar-refractivity contribution in [2.24, 2.45) is 0 Å². The second kappa shape index (κ2) is 5.59. The average molecular weight is 309 g/mol. The Morgan fingerprint density at radius 2 is 1.70 bits per heavy atom. The van der Waals surface area contributed by atoms with Gasteiger partial charge in [0.2, 0.25) is 0 Å². The molecule has 0 radical (unpaired) electrons. The summed E-state index contributed by atoms with van der Waals surface area (Å²) in [6.07, 6.45) is 2.12. The van der Waals surface area contributed by atoms with Gasteiger partial charge >= 0.3 is 0 Å². The van der Waals surface area contributed by atoms with Gasteiger partial charge in [0.1, 0.15) is 0 Å². The Labute approximate surface area is 134 Å². The van der Waals surface area contributed by atoms with Gasteiger partial charge in [0, 0.05) is 22.9 Å². The van der Waals surface area contributed by atoms with Crippen molar-refractivity contribution in [2.75, 3.05) is 18.4 Å². The highest BCUT2D eigenvalue weighted by Gasteiger charge is 2.17. The van der Waals surface area contributed by atoms with Gasteiger partial charge < -0.3 is 20.8 Å². The van der Waals surface area contributed by atoms with Crippen LogP contribution in [0.2, 0.25) is 0 Å². The number of piperidine rings is 1. The van der Waals surface area contributed by atoms with E-state index in [1.807, 2.05) is 24.3 Å². The fourth-order valence-electron chi connectivity index (χ4n) is 3.24. The highest BCUT2D eigenvalue weighted by atomic mass is 16.3. The van der Waals surface area contributed by atoms with Crippen LogP contribution in [0.3, 0.4) is 0 Å². The van der Waals surface area contributed by atoms with Crippen LogP contribution in [0.25, 0.3) is 21.8 Å². The van der Waals surface area contributed by atoms with E-state index in [1.54, 1.807) is 6.07 Å². The van der Waals surface area contributed by atoms with Crippen LogP contribution in [0.4, 0.5) is 5.69 Å². The van der Waals surface area contributed by atoms with Crippen molar-refractivity contribution < 1.29 is 10.2 Å². The summed E-state index contributed by atoms with van der Waals surface area (Å²) >= 11 is 0. The second-order valence-electron chi connectivity index (χ2n) is 6.03. The van der Waals surface area contributed by atoms with Gasteiger partial charge in [0.15, 0.2) is 11.5 Å².